The Morgan fingerprint density at radius 3 is 2.14 bits per heavy atom. The van der Waals surface area contributed by atoms with E-state index in [4.69, 9.17) is 14.2 Å². The number of carbonyl (C=O) groups is 1. The monoisotopic (exact) mass is 322 g/mol. The van der Waals surface area contributed by atoms with Crippen LogP contribution in [0, 0.1) is 0 Å². The first kappa shape index (κ1) is 17.9. The second kappa shape index (κ2) is 7.71. The Balaban J connectivity index is 0.00000242. The van der Waals surface area contributed by atoms with Crippen LogP contribution in [0.1, 0.15) is 17.3 Å². The molecule has 0 unspecified atom stereocenters. The molecule has 2 aromatic rings. The van der Waals surface area contributed by atoms with Gasteiger partial charge in [-0.05, 0) is 30.7 Å². The van der Waals surface area contributed by atoms with Gasteiger partial charge in [-0.2, -0.15) is 0 Å². The zero-order valence-corrected chi connectivity index (χ0v) is 13.8. The summed E-state index contributed by atoms with van der Waals surface area (Å²) in [5.74, 6) is 1.74. The van der Waals surface area contributed by atoms with E-state index in [1.54, 1.807) is 34.3 Å². The van der Waals surface area contributed by atoms with E-state index in [0.29, 0.717) is 22.8 Å². The van der Waals surface area contributed by atoms with Crippen LogP contribution < -0.4 is 14.2 Å². The number of hydrogen-bond acceptors (Lipinski definition) is 4. The smallest absolute Gasteiger partial charge is 0.203 e. The van der Waals surface area contributed by atoms with Crippen LogP contribution in [0.2, 0.25) is 0 Å². The predicted octanol–water partition coefficient (Wildman–Crippen LogP) is 4.00. The molecule has 0 aliphatic heterocycles. The van der Waals surface area contributed by atoms with Crippen LogP contribution in [0.4, 0.5) is 0 Å². The molecule has 0 N–H and O–H groups in total. The molecule has 4 nitrogen and oxygen atoms in total. The summed E-state index contributed by atoms with van der Waals surface area (Å²) in [6.07, 6.45) is 0. The van der Waals surface area contributed by atoms with Crippen LogP contribution in [-0.4, -0.2) is 27.1 Å². The highest BCUT2D eigenvalue weighted by Gasteiger charge is 2.17. The fraction of sp³-hybridized carbons (Fsp3) is 0.235. The number of ketones is 1. The van der Waals surface area contributed by atoms with Crippen molar-refractivity contribution in [2.24, 2.45) is 0 Å². The van der Waals surface area contributed by atoms with Crippen molar-refractivity contribution >= 4 is 18.2 Å². The summed E-state index contributed by atoms with van der Waals surface area (Å²) in [6, 6.07) is 11.1. The van der Waals surface area contributed by atoms with Crippen molar-refractivity contribution in [1.82, 2.24) is 0 Å². The molecule has 0 atom stereocenters. The number of halogens is 1. The van der Waals surface area contributed by atoms with E-state index in [1.165, 1.54) is 0 Å². The molecule has 0 saturated heterocycles. The van der Waals surface area contributed by atoms with Gasteiger partial charge in [0.15, 0.2) is 17.3 Å². The van der Waals surface area contributed by atoms with Crippen LogP contribution in [0.5, 0.6) is 17.2 Å². The van der Waals surface area contributed by atoms with Crippen molar-refractivity contribution in [2.75, 3.05) is 21.3 Å². The molecule has 22 heavy (non-hydrogen) atoms. The summed E-state index contributed by atoms with van der Waals surface area (Å²) >= 11 is 0. The van der Waals surface area contributed by atoms with Gasteiger partial charge >= 0.3 is 0 Å². The van der Waals surface area contributed by atoms with E-state index in [-0.39, 0.29) is 18.2 Å². The molecule has 5 heteroatoms. The second-order valence-corrected chi connectivity index (χ2v) is 4.52. The molecule has 2 rings (SSSR count). The normalized spacial score (nSPS) is 9.64. The van der Waals surface area contributed by atoms with Crippen LogP contribution in [0.15, 0.2) is 36.4 Å². The van der Waals surface area contributed by atoms with Crippen molar-refractivity contribution < 1.29 is 19.0 Å². The Kier molecular flexibility index (Phi) is 6.25. The van der Waals surface area contributed by atoms with Gasteiger partial charge in [-0.3, -0.25) is 4.79 Å². The van der Waals surface area contributed by atoms with Crippen molar-refractivity contribution in [1.29, 1.82) is 0 Å². The molecule has 0 fully saturated rings. The maximum absolute atomic E-state index is 11.5. The van der Waals surface area contributed by atoms with Gasteiger partial charge in [-0.15, -0.1) is 12.4 Å². The molecule has 0 aliphatic rings. The van der Waals surface area contributed by atoms with Crippen molar-refractivity contribution in [3.05, 3.63) is 42.0 Å². The van der Waals surface area contributed by atoms with Gasteiger partial charge in [0.1, 0.15) is 0 Å². The van der Waals surface area contributed by atoms with Crippen LogP contribution in [0.25, 0.3) is 11.1 Å². The summed E-state index contributed by atoms with van der Waals surface area (Å²) < 4.78 is 16.1. The summed E-state index contributed by atoms with van der Waals surface area (Å²) in [5.41, 5.74) is 2.39. The third kappa shape index (κ3) is 3.34. The Morgan fingerprint density at radius 2 is 1.59 bits per heavy atom. The lowest BCUT2D eigenvalue weighted by molar-refractivity contribution is 0.101. The van der Waals surface area contributed by atoms with E-state index >= 15 is 0 Å². The highest BCUT2D eigenvalue weighted by Crippen LogP contribution is 2.44. The highest BCUT2D eigenvalue weighted by molar-refractivity contribution is 5.95. The van der Waals surface area contributed by atoms with E-state index in [1.807, 2.05) is 30.3 Å². The van der Waals surface area contributed by atoms with Gasteiger partial charge in [0, 0.05) is 11.1 Å². The quantitative estimate of drug-likeness (QED) is 0.780. The van der Waals surface area contributed by atoms with Gasteiger partial charge < -0.3 is 14.2 Å². The Hall–Kier alpha value is -2.20. The summed E-state index contributed by atoms with van der Waals surface area (Å²) in [7, 11) is 4.72. The molecule has 2 aromatic carbocycles. The summed E-state index contributed by atoms with van der Waals surface area (Å²) in [6.45, 7) is 1.55. The zero-order chi connectivity index (χ0) is 15.4. The number of carbonyl (C=O) groups excluding carboxylic acids is 1. The van der Waals surface area contributed by atoms with Crippen molar-refractivity contribution in [2.45, 2.75) is 6.92 Å². The predicted molar refractivity (Wildman–Crippen MR) is 88.8 cm³/mol. The summed E-state index contributed by atoms with van der Waals surface area (Å²) in [5, 5.41) is 0. The van der Waals surface area contributed by atoms with Gasteiger partial charge in [0.05, 0.1) is 21.3 Å². The van der Waals surface area contributed by atoms with E-state index in [2.05, 4.69) is 0 Å². The number of ether oxygens (including phenoxy) is 3. The SMILES string of the molecule is COc1ccc(-c2cccc(C(C)=O)c2)c(OC)c1OC.Cl. The number of Topliss-reactive ketones (excluding diaryl/α,β-unsaturated/α-hetero) is 1. The van der Waals surface area contributed by atoms with Gasteiger partial charge in [-0.25, -0.2) is 0 Å². The van der Waals surface area contributed by atoms with Gasteiger partial charge in [0.25, 0.3) is 0 Å². The van der Waals surface area contributed by atoms with Crippen LogP contribution in [-0.2, 0) is 0 Å². The van der Waals surface area contributed by atoms with Gasteiger partial charge in [-0.1, -0.05) is 18.2 Å². The average Bonchev–Trinajstić information content (AvgIpc) is 2.53. The number of rotatable bonds is 5. The average molecular weight is 323 g/mol. The minimum atomic E-state index is 0. The molecule has 0 heterocycles. The Morgan fingerprint density at radius 1 is 0.909 bits per heavy atom. The number of hydrogen-bond donors (Lipinski definition) is 0. The maximum atomic E-state index is 11.5. The highest BCUT2D eigenvalue weighted by atomic mass is 35.5. The third-order valence-corrected chi connectivity index (χ3v) is 3.28. The van der Waals surface area contributed by atoms with E-state index < -0.39 is 0 Å². The zero-order valence-electron chi connectivity index (χ0n) is 13.0. The second-order valence-electron chi connectivity index (χ2n) is 4.52. The molecule has 0 aromatic heterocycles. The molecule has 0 amide bonds. The molecule has 0 aliphatic carbocycles. The molecular formula is C17H19ClO4. The molecule has 0 saturated carbocycles. The van der Waals surface area contributed by atoms with Crippen LogP contribution >= 0.6 is 12.4 Å². The lowest BCUT2D eigenvalue weighted by Gasteiger charge is -2.16. The van der Waals surface area contributed by atoms with Crippen molar-refractivity contribution in [3.8, 4) is 28.4 Å². The minimum absolute atomic E-state index is 0. The number of methoxy groups -OCH3 is 3. The largest absolute Gasteiger partial charge is 0.493 e. The third-order valence-electron chi connectivity index (χ3n) is 3.28. The first-order valence-electron chi connectivity index (χ1n) is 6.52. The van der Waals surface area contributed by atoms with E-state index in [0.717, 1.165) is 11.1 Å². The standard InChI is InChI=1S/C17H18O4.ClH/c1-11(18)12-6-5-7-13(10-12)14-8-9-15(19-2)17(21-4)16(14)20-3;/h5-10H,1-4H3;1H. The Bertz CT molecular complexity index is 668. The lowest BCUT2D eigenvalue weighted by atomic mass is 10.00. The Labute approximate surface area is 136 Å². The topological polar surface area (TPSA) is 44.8 Å². The van der Waals surface area contributed by atoms with Gasteiger partial charge in [0.2, 0.25) is 5.75 Å². The molecule has 0 bridgehead atoms. The lowest BCUT2D eigenvalue weighted by Crippen LogP contribution is -1.97. The fourth-order valence-corrected chi connectivity index (χ4v) is 2.23. The molecule has 0 radical (unpaired) electrons. The molecule has 118 valence electrons. The first-order valence-corrected chi connectivity index (χ1v) is 6.52. The van der Waals surface area contributed by atoms with Crippen LogP contribution in [0.3, 0.4) is 0 Å². The number of benzene rings is 2. The maximum Gasteiger partial charge on any atom is 0.203 e. The minimum Gasteiger partial charge on any atom is -0.493 e. The van der Waals surface area contributed by atoms with Crippen molar-refractivity contribution in [3.63, 3.8) is 0 Å². The molecule has 0 spiro atoms. The first-order chi connectivity index (χ1) is 10.1. The summed E-state index contributed by atoms with van der Waals surface area (Å²) in [4.78, 5) is 11.5. The molecular weight excluding hydrogens is 304 g/mol. The fourth-order valence-electron chi connectivity index (χ4n) is 2.23. The van der Waals surface area contributed by atoms with E-state index in [9.17, 15) is 4.79 Å².